The molecule has 0 aromatic heterocycles. The lowest BCUT2D eigenvalue weighted by Crippen LogP contribution is -2.49. The lowest BCUT2D eigenvalue weighted by molar-refractivity contribution is -0.137. The van der Waals surface area contributed by atoms with Crippen molar-refractivity contribution in [1.82, 2.24) is 16.0 Å². The summed E-state index contributed by atoms with van der Waals surface area (Å²) in [6.07, 6.45) is 1.62. The summed E-state index contributed by atoms with van der Waals surface area (Å²) < 4.78 is 173. The summed E-state index contributed by atoms with van der Waals surface area (Å²) >= 11 is 0. The molecule has 3 amide bonds. The van der Waals surface area contributed by atoms with Gasteiger partial charge in [-0.05, 0) is 78.6 Å². The van der Waals surface area contributed by atoms with E-state index in [0.717, 1.165) is 16.3 Å². The first kappa shape index (κ1) is 104. The highest BCUT2D eigenvalue weighted by molar-refractivity contribution is 7.86. The Bertz CT molecular complexity index is 3220. The molecular formula is C80H133N3O33S. The molecule has 5 N–H and O–H groups in total. The first-order valence-corrected chi connectivity index (χ1v) is 41.9. The fraction of sp³-hybridized carbons (Fsp3) is 0.750. The van der Waals surface area contributed by atoms with Crippen molar-refractivity contribution in [2.45, 2.75) is 63.3 Å². The Balaban J connectivity index is 0.815. The van der Waals surface area contributed by atoms with Crippen molar-refractivity contribution in [2.75, 3.05) is 337 Å². The fourth-order valence-electron chi connectivity index (χ4n) is 10.9. The minimum absolute atomic E-state index is 0.0309. The summed E-state index contributed by atoms with van der Waals surface area (Å²) in [5, 5.41) is 21.1. The van der Waals surface area contributed by atoms with E-state index in [1.807, 2.05) is 19.1 Å². The third-order valence-corrected chi connectivity index (χ3v) is 17.6. The Morgan fingerprint density at radius 2 is 0.632 bits per heavy atom. The molecule has 0 radical (unpaired) electrons. The second-order valence-electron chi connectivity index (χ2n) is 25.8. The molecule has 0 heterocycles. The Morgan fingerprint density at radius 1 is 0.342 bits per heavy atom. The van der Waals surface area contributed by atoms with Crippen molar-refractivity contribution < 1.29 is 156 Å². The van der Waals surface area contributed by atoms with E-state index >= 15 is 0 Å². The molecule has 672 valence electrons. The maximum atomic E-state index is 13.5. The Kier molecular flexibility index (Phi) is 64.1. The summed E-state index contributed by atoms with van der Waals surface area (Å²) in [4.78, 5) is 50.4. The molecule has 37 heteroatoms. The molecule has 0 bridgehead atoms. The van der Waals surface area contributed by atoms with E-state index in [-0.39, 0.29) is 56.4 Å². The molecule has 0 fully saturated rings. The number of hydrogen-bond acceptors (Lipinski definition) is 31. The summed E-state index contributed by atoms with van der Waals surface area (Å²) in [5.41, 5.74) is 1.45. The summed E-state index contributed by atoms with van der Waals surface area (Å²) in [6.45, 7) is 24.7. The number of hydrogen-bond donors (Lipinski definition) is 5. The lowest BCUT2D eigenvalue weighted by atomic mass is 9.90. The third kappa shape index (κ3) is 53.8. The molecular weight excluding hydrogens is 1560 g/mol. The summed E-state index contributed by atoms with van der Waals surface area (Å²) in [6, 6.07) is 9.23. The van der Waals surface area contributed by atoms with Crippen molar-refractivity contribution >= 4 is 66.1 Å². The molecule has 1 unspecified atom stereocenters. The van der Waals surface area contributed by atoms with Gasteiger partial charge in [0.05, 0.1) is 311 Å². The normalized spacial score (nSPS) is 12.1. The molecule has 0 saturated heterocycles. The van der Waals surface area contributed by atoms with Gasteiger partial charge in [-0.3, -0.25) is 23.7 Å². The van der Waals surface area contributed by atoms with Gasteiger partial charge in [-0.1, -0.05) is 24.6 Å². The van der Waals surface area contributed by atoms with E-state index in [9.17, 15) is 32.1 Å². The van der Waals surface area contributed by atoms with Crippen LogP contribution in [0.1, 0.15) is 49.7 Å². The molecule has 117 heavy (non-hydrogen) atoms. The van der Waals surface area contributed by atoms with Crippen LogP contribution in [0.3, 0.4) is 0 Å². The predicted octanol–water partition coefficient (Wildman–Crippen LogP) is 4.00. The number of methoxy groups -OCH3 is 1. The molecule has 0 aliphatic carbocycles. The van der Waals surface area contributed by atoms with Crippen molar-refractivity contribution in [2.24, 2.45) is 0 Å². The number of amides is 3. The largest absolute Gasteiger partial charge is 0.483 e. The van der Waals surface area contributed by atoms with Gasteiger partial charge in [0.2, 0.25) is 11.8 Å². The Hall–Kier alpha value is -5.45. The number of aryl methyl sites for hydroxylation is 2. The van der Waals surface area contributed by atoms with Gasteiger partial charge >= 0.3 is 5.97 Å². The van der Waals surface area contributed by atoms with Crippen molar-refractivity contribution in [1.29, 1.82) is 0 Å². The molecule has 4 aromatic carbocycles. The maximum absolute atomic E-state index is 13.5. The van der Waals surface area contributed by atoms with Gasteiger partial charge in [-0.2, -0.15) is 8.42 Å². The van der Waals surface area contributed by atoms with E-state index in [1.54, 1.807) is 32.2 Å². The number of benzene rings is 4. The van der Waals surface area contributed by atoms with Crippen LogP contribution in [-0.4, -0.2) is 385 Å². The van der Waals surface area contributed by atoms with Gasteiger partial charge in [-0.15, -0.1) is 0 Å². The number of ether oxygens (including phenoxy) is 25. The second-order valence-corrected chi connectivity index (χ2v) is 27.2. The maximum Gasteiger partial charge on any atom is 0.303 e. The van der Waals surface area contributed by atoms with Gasteiger partial charge in [0, 0.05) is 49.2 Å². The number of carboxylic acids is 1. The minimum Gasteiger partial charge on any atom is -0.483 e. The van der Waals surface area contributed by atoms with Gasteiger partial charge in [0.15, 0.2) is 6.61 Å². The first-order chi connectivity index (χ1) is 57.3. The molecule has 4 aromatic rings. The number of nitrogens with one attached hydrogen (secondary N) is 3. The molecule has 0 aliphatic heterocycles. The van der Waals surface area contributed by atoms with E-state index < -0.39 is 40.6 Å². The second kappa shape index (κ2) is 72.2. The highest BCUT2D eigenvalue weighted by atomic mass is 32.2. The van der Waals surface area contributed by atoms with E-state index in [2.05, 4.69) is 16.0 Å². The van der Waals surface area contributed by atoms with Gasteiger partial charge in [0.1, 0.15) is 16.7 Å². The van der Waals surface area contributed by atoms with Crippen LogP contribution in [0, 0.1) is 13.8 Å². The average Bonchev–Trinajstić information content (AvgIpc) is 0.718. The average molecular weight is 1700 g/mol. The zero-order valence-corrected chi connectivity index (χ0v) is 69.9. The molecule has 0 spiro atoms. The number of rotatable bonds is 87. The van der Waals surface area contributed by atoms with Crippen LogP contribution in [0.5, 0.6) is 5.75 Å². The smallest absolute Gasteiger partial charge is 0.303 e. The number of aliphatic carboxylic acids is 1. The zero-order chi connectivity index (χ0) is 83.8. The molecule has 0 saturated carbocycles. The Labute approximate surface area is 688 Å². The van der Waals surface area contributed by atoms with Crippen LogP contribution in [0.4, 0.5) is 0 Å². The van der Waals surface area contributed by atoms with Gasteiger partial charge in [0.25, 0.3) is 16.0 Å². The number of unbranched alkanes of at least 4 members (excludes halogenated alkanes) is 2. The molecule has 36 nitrogen and oxygen atoms in total. The number of carbonyl (C=O) groups is 4. The standard InChI is InChI=1S/C80H133N3O33S/c1-66-63-73(70-10-11-71-74(117(89,90)91)64-67(2)69-9-8-68(66)78(70)79(69)71)116-65-76(85)83-72(12-13-75(84)81-14-6-4-5-7-77(86)87)80(88)82-15-16-93-19-20-95-23-24-97-27-28-99-31-32-101-35-36-103-39-40-105-43-44-107-47-48-109-51-52-111-55-56-113-59-60-115-62-61-114-58-57-112-54-53-110-50-49-108-46-45-106-42-41-104-38-37-102-34-33-100-30-29-98-26-25-96-22-21-94-18-17-92-3/h8-11,63-64,72H,4-7,12-62,65H2,1-3H3,(H,81,84)(H,82,88)(H,83,85)(H,86,87)(H,89,90,91). The highest BCUT2D eigenvalue weighted by Gasteiger charge is 2.25. The predicted molar refractivity (Wildman–Crippen MR) is 429 cm³/mol. The van der Waals surface area contributed by atoms with Crippen LogP contribution >= 0.6 is 0 Å². The topological polar surface area (TPSA) is 410 Å². The van der Waals surface area contributed by atoms with E-state index in [0.29, 0.717) is 349 Å². The van der Waals surface area contributed by atoms with Crippen molar-refractivity contribution in [3.05, 3.63) is 47.5 Å². The monoisotopic (exact) mass is 1700 g/mol. The van der Waals surface area contributed by atoms with E-state index in [4.69, 9.17) is 124 Å². The van der Waals surface area contributed by atoms with Crippen LogP contribution in [-0.2, 0) is 143 Å². The highest BCUT2D eigenvalue weighted by Crippen LogP contribution is 2.43. The SMILES string of the molecule is COCCOCCOCCOCCOCCOCCOCCOCCOCCOCCOCCOCCOCCOCCOCCOCCOCCOCCOCCOCCOCCOCCOCCOCCNC(=O)C(CCC(=O)NCCCCCC(=O)O)NC(=O)COc1cc(C)c2ccc3c(C)cc(S(=O)(=O)O)c4ccc1c2c34. The number of carboxylic acid groups (broad SMARTS) is 1. The van der Waals surface area contributed by atoms with Crippen molar-refractivity contribution in [3.8, 4) is 5.75 Å². The molecule has 0 aliphatic rings. The van der Waals surface area contributed by atoms with Crippen LogP contribution in [0.15, 0.2) is 41.3 Å². The van der Waals surface area contributed by atoms with E-state index in [1.165, 1.54) is 6.07 Å². The number of carbonyl (C=O) groups excluding carboxylic acids is 3. The minimum atomic E-state index is -4.56. The fourth-order valence-corrected chi connectivity index (χ4v) is 11.6. The molecule has 4 rings (SSSR count). The van der Waals surface area contributed by atoms with Gasteiger partial charge in [-0.25, -0.2) is 0 Å². The summed E-state index contributed by atoms with van der Waals surface area (Å²) in [7, 11) is -2.92. The molecule has 1 atom stereocenters. The third-order valence-electron chi connectivity index (χ3n) is 16.7. The van der Waals surface area contributed by atoms with Crippen LogP contribution < -0.4 is 20.7 Å². The summed E-state index contributed by atoms with van der Waals surface area (Å²) in [5.74, 6) is -2.04. The van der Waals surface area contributed by atoms with Crippen molar-refractivity contribution in [3.63, 3.8) is 0 Å². The van der Waals surface area contributed by atoms with Crippen LogP contribution in [0.25, 0.3) is 32.3 Å². The first-order valence-electron chi connectivity index (χ1n) is 40.5. The van der Waals surface area contributed by atoms with Gasteiger partial charge < -0.3 is 139 Å². The quantitative estimate of drug-likeness (QED) is 0.0237. The Morgan fingerprint density at radius 3 is 0.949 bits per heavy atom. The van der Waals surface area contributed by atoms with Crippen LogP contribution in [0.2, 0.25) is 0 Å². The lowest BCUT2D eigenvalue weighted by Gasteiger charge is -2.20. The zero-order valence-electron chi connectivity index (χ0n) is 69.1.